The van der Waals surface area contributed by atoms with Crippen LogP contribution in [0.15, 0.2) is 0 Å². The third kappa shape index (κ3) is 14.9. The Morgan fingerprint density at radius 2 is 1.32 bits per heavy atom. The van der Waals surface area contributed by atoms with Crippen LogP contribution in [0.1, 0.15) is 104 Å². The summed E-state index contributed by atoms with van der Waals surface area (Å²) in [6, 6.07) is 0. The lowest BCUT2D eigenvalue weighted by molar-refractivity contribution is -0.149. The van der Waals surface area contributed by atoms with Crippen LogP contribution >= 0.6 is 15.9 Å². The maximum Gasteiger partial charge on any atom is 0.306 e. The van der Waals surface area contributed by atoms with Crippen molar-refractivity contribution in [2.75, 3.05) is 5.33 Å². The Kier molecular flexibility index (Phi) is 17.3. The van der Waals surface area contributed by atoms with Crippen molar-refractivity contribution in [2.45, 2.75) is 110 Å². The zero-order valence-electron chi connectivity index (χ0n) is 14.9. The minimum atomic E-state index is -0.00781. The van der Waals surface area contributed by atoms with E-state index in [1.165, 1.54) is 64.2 Å². The smallest absolute Gasteiger partial charge is 0.306 e. The number of carbonyl (C=O) groups excluding carboxylic acids is 1. The Bertz CT molecular complexity index is 230. The molecule has 0 amide bonds. The Hall–Kier alpha value is -0.0500. The maximum atomic E-state index is 11.8. The molecule has 0 aliphatic heterocycles. The van der Waals surface area contributed by atoms with Crippen molar-refractivity contribution >= 4 is 21.9 Å². The number of carbonyl (C=O) groups is 1. The summed E-state index contributed by atoms with van der Waals surface area (Å²) >= 11 is 3.37. The van der Waals surface area contributed by atoms with Gasteiger partial charge in [-0.1, -0.05) is 81.1 Å². The van der Waals surface area contributed by atoms with Gasteiger partial charge in [-0.25, -0.2) is 0 Å². The molecule has 2 nitrogen and oxygen atoms in total. The highest BCUT2D eigenvalue weighted by Crippen LogP contribution is 2.17. The zero-order valence-corrected chi connectivity index (χ0v) is 16.5. The molecule has 0 N–H and O–H groups in total. The number of esters is 1. The third-order valence-electron chi connectivity index (χ3n) is 4.07. The van der Waals surface area contributed by atoms with Crippen molar-refractivity contribution < 1.29 is 9.53 Å². The number of unbranched alkanes of at least 4 members (excludes halogenated alkanes) is 8. The van der Waals surface area contributed by atoms with Gasteiger partial charge in [0.1, 0.15) is 6.10 Å². The van der Waals surface area contributed by atoms with Crippen LogP contribution in [0.3, 0.4) is 0 Å². The van der Waals surface area contributed by atoms with Gasteiger partial charge in [0, 0.05) is 11.8 Å². The summed E-state index contributed by atoms with van der Waals surface area (Å²) in [4.78, 5) is 11.8. The lowest BCUT2D eigenvalue weighted by Crippen LogP contribution is -2.18. The summed E-state index contributed by atoms with van der Waals surface area (Å²) < 4.78 is 5.71. The minimum absolute atomic E-state index is 0.00781. The lowest BCUT2D eigenvalue weighted by atomic mass is 10.0. The molecule has 0 saturated heterocycles. The van der Waals surface area contributed by atoms with Crippen molar-refractivity contribution in [3.8, 4) is 0 Å². The summed E-state index contributed by atoms with van der Waals surface area (Å²) in [6.45, 7) is 4.48. The van der Waals surface area contributed by atoms with Crippen LogP contribution in [0.5, 0.6) is 0 Å². The second-order valence-electron chi connectivity index (χ2n) is 6.31. The normalized spacial score (nSPS) is 11.1. The van der Waals surface area contributed by atoms with Gasteiger partial charge < -0.3 is 4.74 Å². The molecular formula is C19H37BrO2. The molecule has 0 saturated carbocycles. The molecule has 0 aromatic heterocycles. The molecule has 0 bridgehead atoms. The van der Waals surface area contributed by atoms with E-state index in [4.69, 9.17) is 4.74 Å². The minimum Gasteiger partial charge on any atom is -0.462 e. The Morgan fingerprint density at radius 1 is 0.818 bits per heavy atom. The van der Waals surface area contributed by atoms with Crippen molar-refractivity contribution in [3.63, 3.8) is 0 Å². The van der Waals surface area contributed by atoms with E-state index in [-0.39, 0.29) is 12.1 Å². The van der Waals surface area contributed by atoms with Gasteiger partial charge in [-0.05, 0) is 32.1 Å². The highest BCUT2D eigenvalue weighted by molar-refractivity contribution is 9.09. The third-order valence-corrected chi connectivity index (χ3v) is 4.63. The molecule has 0 aliphatic rings. The van der Waals surface area contributed by atoms with Crippen molar-refractivity contribution in [2.24, 2.45) is 0 Å². The second-order valence-corrected chi connectivity index (χ2v) is 7.10. The van der Waals surface area contributed by atoms with E-state index in [1.807, 2.05) is 0 Å². The molecule has 0 rings (SSSR count). The topological polar surface area (TPSA) is 26.3 Å². The van der Waals surface area contributed by atoms with Gasteiger partial charge in [-0.3, -0.25) is 4.79 Å². The number of ether oxygens (including phenoxy) is 1. The monoisotopic (exact) mass is 376 g/mol. The fraction of sp³-hybridized carbons (Fsp3) is 0.947. The molecule has 0 atom stereocenters. The molecule has 0 unspecified atom stereocenters. The summed E-state index contributed by atoms with van der Waals surface area (Å²) in [5, 5.41) is 0.876. The standard InChI is InChI=1S/C19H37BrO2/c1-3-5-7-9-11-14-18(15-12-10-8-6-4-2)22-19(21)16-13-17-20/h18H,3-17H2,1-2H3. The van der Waals surface area contributed by atoms with Gasteiger partial charge in [0.2, 0.25) is 0 Å². The molecule has 0 spiro atoms. The highest BCUT2D eigenvalue weighted by atomic mass is 79.9. The first kappa shape index (κ1) is 21.9. The van der Waals surface area contributed by atoms with E-state index < -0.39 is 0 Å². The summed E-state index contributed by atoms with van der Waals surface area (Å²) in [6.07, 6.45) is 16.5. The van der Waals surface area contributed by atoms with E-state index in [9.17, 15) is 4.79 Å². The van der Waals surface area contributed by atoms with E-state index >= 15 is 0 Å². The van der Waals surface area contributed by atoms with Crippen LogP contribution in [0.4, 0.5) is 0 Å². The molecule has 3 heteroatoms. The Balaban J connectivity index is 3.93. The molecule has 0 fully saturated rings. The van der Waals surface area contributed by atoms with Crippen LogP contribution in [-0.2, 0) is 9.53 Å². The molecule has 22 heavy (non-hydrogen) atoms. The average molecular weight is 377 g/mol. The van der Waals surface area contributed by atoms with Gasteiger partial charge in [0.15, 0.2) is 0 Å². The largest absolute Gasteiger partial charge is 0.462 e. The second kappa shape index (κ2) is 17.3. The predicted octanol–water partition coefficient (Wildman–Crippen LogP) is 6.79. The lowest BCUT2D eigenvalue weighted by Gasteiger charge is -2.18. The van der Waals surface area contributed by atoms with Gasteiger partial charge in [0.05, 0.1) is 0 Å². The number of hydrogen-bond donors (Lipinski definition) is 0. The molecule has 0 radical (unpaired) electrons. The fourth-order valence-corrected chi connectivity index (χ4v) is 2.95. The fourth-order valence-electron chi connectivity index (χ4n) is 2.67. The van der Waals surface area contributed by atoms with Crippen LogP contribution in [-0.4, -0.2) is 17.4 Å². The van der Waals surface area contributed by atoms with Crippen LogP contribution in [0.25, 0.3) is 0 Å². The quantitative estimate of drug-likeness (QED) is 0.168. The molecule has 0 aromatic carbocycles. The number of halogens is 1. The van der Waals surface area contributed by atoms with Gasteiger partial charge >= 0.3 is 5.97 Å². The van der Waals surface area contributed by atoms with Crippen LogP contribution in [0, 0.1) is 0 Å². The number of hydrogen-bond acceptors (Lipinski definition) is 2. The highest BCUT2D eigenvalue weighted by Gasteiger charge is 2.13. The molecule has 132 valence electrons. The van der Waals surface area contributed by atoms with E-state index in [1.54, 1.807) is 0 Å². The molecular weight excluding hydrogens is 340 g/mol. The SMILES string of the molecule is CCCCCCCC(CCCCCCC)OC(=O)CCCBr. The van der Waals surface area contributed by atoms with Crippen molar-refractivity contribution in [1.29, 1.82) is 0 Å². The first-order chi connectivity index (χ1) is 10.7. The van der Waals surface area contributed by atoms with Crippen molar-refractivity contribution in [1.82, 2.24) is 0 Å². The number of rotatable bonds is 16. The predicted molar refractivity (Wildman–Crippen MR) is 99.7 cm³/mol. The first-order valence-corrected chi connectivity index (χ1v) is 10.6. The summed E-state index contributed by atoms with van der Waals surface area (Å²) in [7, 11) is 0. The van der Waals surface area contributed by atoms with Crippen molar-refractivity contribution in [3.05, 3.63) is 0 Å². The molecule has 0 aliphatic carbocycles. The van der Waals surface area contributed by atoms with Crippen LogP contribution in [0.2, 0.25) is 0 Å². The van der Waals surface area contributed by atoms with Gasteiger partial charge in [-0.15, -0.1) is 0 Å². The van der Waals surface area contributed by atoms with E-state index in [2.05, 4.69) is 29.8 Å². The number of alkyl halides is 1. The molecule has 0 heterocycles. The Labute approximate surface area is 146 Å². The van der Waals surface area contributed by atoms with E-state index in [0.717, 1.165) is 24.6 Å². The maximum absolute atomic E-state index is 11.8. The van der Waals surface area contributed by atoms with Crippen LogP contribution < -0.4 is 0 Å². The average Bonchev–Trinajstić information content (AvgIpc) is 2.52. The van der Waals surface area contributed by atoms with Gasteiger partial charge in [0.25, 0.3) is 0 Å². The summed E-state index contributed by atoms with van der Waals surface area (Å²) in [5.74, 6) is -0.00781. The van der Waals surface area contributed by atoms with E-state index in [0.29, 0.717) is 6.42 Å². The van der Waals surface area contributed by atoms with Gasteiger partial charge in [-0.2, -0.15) is 0 Å². The zero-order chi connectivity index (χ0) is 16.5. The Morgan fingerprint density at radius 3 is 1.77 bits per heavy atom. The summed E-state index contributed by atoms with van der Waals surface area (Å²) in [5.41, 5.74) is 0. The first-order valence-electron chi connectivity index (χ1n) is 9.50. The molecule has 0 aromatic rings.